The highest BCUT2D eigenvalue weighted by Crippen LogP contribution is 2.23. The lowest BCUT2D eigenvalue weighted by Gasteiger charge is -2.18. The Bertz CT molecular complexity index is 1090. The maximum atomic E-state index is 12.8. The number of rotatable bonds is 7. The zero-order chi connectivity index (χ0) is 20.9. The number of carbonyl (C=O) groups excluding carboxylic acids is 1. The minimum absolute atomic E-state index is 0.0581. The van der Waals surface area contributed by atoms with Crippen LogP contribution < -0.4 is 5.32 Å². The van der Waals surface area contributed by atoms with Crippen molar-refractivity contribution in [2.45, 2.75) is 26.4 Å². The molecule has 1 atom stereocenters. The molecule has 4 aromatic rings. The lowest BCUT2D eigenvalue weighted by atomic mass is 10.0. The third-order valence-electron chi connectivity index (χ3n) is 4.61. The van der Waals surface area contributed by atoms with Gasteiger partial charge >= 0.3 is 0 Å². The summed E-state index contributed by atoms with van der Waals surface area (Å²) in [6.07, 6.45) is 6.49. The highest BCUT2D eigenvalue weighted by atomic mass is 16.5. The van der Waals surface area contributed by atoms with Crippen molar-refractivity contribution in [2.75, 3.05) is 0 Å². The Labute approximate surface area is 173 Å². The molecule has 0 spiro atoms. The van der Waals surface area contributed by atoms with Crippen LogP contribution in [0.1, 0.15) is 41.7 Å². The first kappa shape index (κ1) is 19.4. The number of hydrogen-bond acceptors (Lipinski definition) is 7. The fourth-order valence-electron chi connectivity index (χ4n) is 2.97. The van der Waals surface area contributed by atoms with Gasteiger partial charge in [0.1, 0.15) is 18.7 Å². The van der Waals surface area contributed by atoms with E-state index in [2.05, 4.69) is 30.5 Å². The summed E-state index contributed by atoms with van der Waals surface area (Å²) in [5, 5.41) is 11.1. The van der Waals surface area contributed by atoms with E-state index in [0.717, 1.165) is 11.1 Å². The summed E-state index contributed by atoms with van der Waals surface area (Å²) in [6, 6.07) is 10.6. The average molecular weight is 403 g/mol. The van der Waals surface area contributed by atoms with Crippen LogP contribution in [0.3, 0.4) is 0 Å². The summed E-state index contributed by atoms with van der Waals surface area (Å²) < 4.78 is 7.16. The molecule has 30 heavy (non-hydrogen) atoms. The Kier molecular flexibility index (Phi) is 5.60. The number of nitrogens with one attached hydrogen (secondary N) is 1. The van der Waals surface area contributed by atoms with Gasteiger partial charge in [0, 0.05) is 23.5 Å². The highest BCUT2D eigenvalue weighted by Gasteiger charge is 2.25. The molecule has 1 amide bonds. The van der Waals surface area contributed by atoms with Gasteiger partial charge < -0.3 is 9.84 Å². The minimum atomic E-state index is -0.412. The molecule has 9 nitrogen and oxygen atoms in total. The molecule has 0 radical (unpaired) electrons. The number of carbonyl (C=O) groups is 1. The first-order chi connectivity index (χ1) is 14.6. The minimum Gasteiger partial charge on any atom is -0.340 e. The van der Waals surface area contributed by atoms with Gasteiger partial charge in [-0.05, 0) is 35.7 Å². The Morgan fingerprint density at radius 2 is 2.00 bits per heavy atom. The molecule has 0 saturated carbocycles. The lowest BCUT2D eigenvalue weighted by Crippen LogP contribution is -2.32. The molecule has 4 rings (SSSR count). The summed E-state index contributed by atoms with van der Waals surface area (Å²) in [5.41, 5.74) is 2.33. The van der Waals surface area contributed by atoms with Crippen LogP contribution in [0, 0.1) is 5.92 Å². The van der Waals surface area contributed by atoms with Crippen LogP contribution in [0.2, 0.25) is 0 Å². The molecule has 152 valence electrons. The molecular formula is C21H21N7O2. The van der Waals surface area contributed by atoms with Crippen molar-refractivity contribution in [1.29, 1.82) is 0 Å². The predicted octanol–water partition coefficient (Wildman–Crippen LogP) is 2.90. The fourth-order valence-corrected chi connectivity index (χ4v) is 2.97. The molecule has 1 unspecified atom stereocenters. The summed E-state index contributed by atoms with van der Waals surface area (Å²) in [4.78, 5) is 25.3. The van der Waals surface area contributed by atoms with Gasteiger partial charge in [0.2, 0.25) is 11.7 Å². The van der Waals surface area contributed by atoms with E-state index in [9.17, 15) is 4.79 Å². The standard InChI is InChI=1S/C21H21N7O2/c1-14(2)18(21-26-19(27-30-21)17-4-3-9-22-10-17)25-20(29)16-7-5-15(6-8-16)11-28-13-23-12-24-28/h3-10,12-14,18H,11H2,1-2H3,(H,25,29). The Balaban J connectivity index is 1.47. The van der Waals surface area contributed by atoms with E-state index in [1.165, 1.54) is 6.33 Å². The average Bonchev–Trinajstić information content (AvgIpc) is 3.45. The number of nitrogens with zero attached hydrogens (tertiary/aromatic N) is 6. The van der Waals surface area contributed by atoms with Gasteiger partial charge in [0.15, 0.2) is 0 Å². The largest absolute Gasteiger partial charge is 0.340 e. The fraction of sp³-hybridized carbons (Fsp3) is 0.238. The molecule has 3 aromatic heterocycles. The molecule has 0 bridgehead atoms. The third-order valence-corrected chi connectivity index (χ3v) is 4.61. The second-order valence-electron chi connectivity index (χ2n) is 7.18. The molecule has 0 aliphatic heterocycles. The van der Waals surface area contributed by atoms with Crippen molar-refractivity contribution in [3.05, 3.63) is 78.5 Å². The third kappa shape index (κ3) is 4.40. The van der Waals surface area contributed by atoms with Crippen LogP contribution in [0.5, 0.6) is 0 Å². The van der Waals surface area contributed by atoms with E-state index in [-0.39, 0.29) is 11.8 Å². The highest BCUT2D eigenvalue weighted by molar-refractivity contribution is 5.94. The molecule has 1 N–H and O–H groups in total. The van der Waals surface area contributed by atoms with Crippen molar-refractivity contribution < 1.29 is 9.32 Å². The van der Waals surface area contributed by atoms with E-state index < -0.39 is 6.04 Å². The van der Waals surface area contributed by atoms with Crippen molar-refractivity contribution in [1.82, 2.24) is 35.2 Å². The Morgan fingerprint density at radius 1 is 1.17 bits per heavy atom. The Hall–Kier alpha value is -3.88. The number of hydrogen-bond donors (Lipinski definition) is 1. The first-order valence-corrected chi connectivity index (χ1v) is 9.56. The second kappa shape index (κ2) is 8.64. The first-order valence-electron chi connectivity index (χ1n) is 9.56. The summed E-state index contributed by atoms with van der Waals surface area (Å²) in [5.74, 6) is 0.653. The molecule has 0 aliphatic carbocycles. The molecule has 0 aliphatic rings. The zero-order valence-corrected chi connectivity index (χ0v) is 16.6. The van der Waals surface area contributed by atoms with Crippen LogP contribution in [0.15, 0.2) is 66.0 Å². The predicted molar refractivity (Wildman–Crippen MR) is 108 cm³/mol. The van der Waals surface area contributed by atoms with Gasteiger partial charge in [-0.25, -0.2) is 9.67 Å². The van der Waals surface area contributed by atoms with Crippen molar-refractivity contribution in [3.8, 4) is 11.4 Å². The SMILES string of the molecule is CC(C)C(NC(=O)c1ccc(Cn2cncn2)cc1)c1nc(-c2cccnc2)no1. The van der Waals surface area contributed by atoms with Gasteiger partial charge in [-0.1, -0.05) is 31.1 Å². The summed E-state index contributed by atoms with van der Waals surface area (Å²) in [6.45, 7) is 4.57. The smallest absolute Gasteiger partial charge is 0.251 e. The van der Waals surface area contributed by atoms with Gasteiger partial charge in [0.25, 0.3) is 5.91 Å². The molecular weight excluding hydrogens is 382 g/mol. The maximum Gasteiger partial charge on any atom is 0.251 e. The number of pyridine rings is 1. The van der Waals surface area contributed by atoms with E-state index in [4.69, 9.17) is 4.52 Å². The molecule has 1 aromatic carbocycles. The van der Waals surface area contributed by atoms with Crippen LogP contribution in [-0.4, -0.2) is 35.8 Å². The monoisotopic (exact) mass is 403 g/mol. The van der Waals surface area contributed by atoms with E-state index in [1.807, 2.05) is 32.0 Å². The van der Waals surface area contributed by atoms with Crippen LogP contribution in [0.4, 0.5) is 0 Å². The normalized spacial score (nSPS) is 12.1. The molecule has 0 saturated heterocycles. The van der Waals surface area contributed by atoms with Gasteiger partial charge in [-0.2, -0.15) is 10.1 Å². The van der Waals surface area contributed by atoms with Crippen molar-refractivity contribution >= 4 is 5.91 Å². The summed E-state index contributed by atoms with van der Waals surface area (Å²) >= 11 is 0. The van der Waals surface area contributed by atoms with Crippen molar-refractivity contribution in [2.24, 2.45) is 5.92 Å². The quantitative estimate of drug-likeness (QED) is 0.505. The van der Waals surface area contributed by atoms with Crippen LogP contribution >= 0.6 is 0 Å². The maximum absolute atomic E-state index is 12.8. The zero-order valence-electron chi connectivity index (χ0n) is 16.6. The van der Waals surface area contributed by atoms with E-state index in [1.54, 1.807) is 41.6 Å². The van der Waals surface area contributed by atoms with Crippen molar-refractivity contribution in [3.63, 3.8) is 0 Å². The topological polar surface area (TPSA) is 112 Å². The number of amides is 1. The van der Waals surface area contributed by atoms with Crippen LogP contribution in [-0.2, 0) is 6.54 Å². The molecule has 0 fully saturated rings. The van der Waals surface area contributed by atoms with Gasteiger partial charge in [0.05, 0.1) is 6.54 Å². The van der Waals surface area contributed by atoms with Gasteiger partial charge in [-0.15, -0.1) is 0 Å². The molecule has 9 heteroatoms. The number of aromatic nitrogens is 6. The van der Waals surface area contributed by atoms with E-state index >= 15 is 0 Å². The second-order valence-corrected chi connectivity index (χ2v) is 7.18. The van der Waals surface area contributed by atoms with Crippen LogP contribution in [0.25, 0.3) is 11.4 Å². The van der Waals surface area contributed by atoms with E-state index in [0.29, 0.717) is 23.8 Å². The number of benzene rings is 1. The lowest BCUT2D eigenvalue weighted by molar-refractivity contribution is 0.0914. The van der Waals surface area contributed by atoms with Gasteiger partial charge in [-0.3, -0.25) is 9.78 Å². The Morgan fingerprint density at radius 3 is 2.67 bits per heavy atom. The molecule has 3 heterocycles. The summed E-state index contributed by atoms with van der Waals surface area (Å²) in [7, 11) is 0.